The molecule has 1 atom stereocenters. The number of rotatable bonds is 1. The summed E-state index contributed by atoms with van der Waals surface area (Å²) in [5, 5.41) is 17.5. The number of phenolic OH excluding ortho intramolecular Hbond substituents is 1. The monoisotopic (exact) mass is 197 g/mol. The fourth-order valence-corrected chi connectivity index (χ4v) is 1.12. The Morgan fingerprint density at radius 3 is 2.31 bits per heavy atom. The molecular weight excluding hydrogens is 181 g/mol. The van der Waals surface area contributed by atoms with Gasteiger partial charge in [0.05, 0.1) is 0 Å². The van der Waals surface area contributed by atoms with E-state index in [0.717, 1.165) is 5.30 Å². The molecule has 0 spiro atoms. The van der Waals surface area contributed by atoms with E-state index in [0.29, 0.717) is 11.3 Å². The minimum absolute atomic E-state index is 0.171. The van der Waals surface area contributed by atoms with Crippen molar-refractivity contribution in [2.24, 2.45) is 0 Å². The Morgan fingerprint density at radius 2 is 1.92 bits per heavy atom. The molecular formula is C10H16NOP. The lowest BCUT2D eigenvalue weighted by atomic mass is 10.1. The molecule has 0 fully saturated rings. The summed E-state index contributed by atoms with van der Waals surface area (Å²) in [5.74, 6) is 0.171. The van der Waals surface area contributed by atoms with Crippen molar-refractivity contribution >= 4 is 20.3 Å². The van der Waals surface area contributed by atoms with Crippen LogP contribution in [-0.2, 0) is 0 Å². The van der Waals surface area contributed by atoms with Crippen LogP contribution in [0.2, 0.25) is 0 Å². The SMILES string of the molecule is CC.CC(=N)c1ccc(P)cc1O. The van der Waals surface area contributed by atoms with E-state index in [-0.39, 0.29) is 5.75 Å². The van der Waals surface area contributed by atoms with Gasteiger partial charge in [0, 0.05) is 11.3 Å². The molecule has 0 radical (unpaired) electrons. The second kappa shape index (κ2) is 5.71. The zero-order chi connectivity index (χ0) is 10.4. The summed E-state index contributed by atoms with van der Waals surface area (Å²) in [7, 11) is 2.49. The van der Waals surface area contributed by atoms with Gasteiger partial charge in [-0.2, -0.15) is 0 Å². The normalized spacial score (nSPS) is 8.62. The van der Waals surface area contributed by atoms with Crippen LogP contribution < -0.4 is 5.30 Å². The molecule has 72 valence electrons. The molecule has 0 aliphatic rings. The third kappa shape index (κ3) is 3.56. The molecule has 0 amide bonds. The van der Waals surface area contributed by atoms with E-state index in [1.54, 1.807) is 19.1 Å². The average molecular weight is 197 g/mol. The van der Waals surface area contributed by atoms with Crippen LogP contribution >= 0.6 is 9.24 Å². The van der Waals surface area contributed by atoms with E-state index in [1.807, 2.05) is 19.9 Å². The quantitative estimate of drug-likeness (QED) is 0.526. The summed E-state index contributed by atoms with van der Waals surface area (Å²) in [4.78, 5) is 0. The summed E-state index contributed by atoms with van der Waals surface area (Å²) in [6.45, 7) is 5.65. The first kappa shape index (κ1) is 12.1. The van der Waals surface area contributed by atoms with Gasteiger partial charge in [-0.15, -0.1) is 9.24 Å². The summed E-state index contributed by atoms with van der Waals surface area (Å²) in [5.41, 5.74) is 0.976. The molecule has 1 aromatic carbocycles. The fraction of sp³-hybridized carbons (Fsp3) is 0.300. The molecule has 1 unspecified atom stereocenters. The van der Waals surface area contributed by atoms with Gasteiger partial charge in [0.25, 0.3) is 0 Å². The second-order valence-corrected chi connectivity index (χ2v) is 3.07. The Kier molecular flexibility index (Phi) is 5.33. The molecule has 1 aromatic rings. The average Bonchev–Trinajstić information content (AvgIpc) is 2.07. The zero-order valence-electron chi connectivity index (χ0n) is 8.26. The zero-order valence-corrected chi connectivity index (χ0v) is 9.41. The largest absolute Gasteiger partial charge is 0.507 e. The highest BCUT2D eigenvalue weighted by molar-refractivity contribution is 7.27. The Labute approximate surface area is 81.7 Å². The lowest BCUT2D eigenvalue weighted by Crippen LogP contribution is -1.96. The Hall–Kier alpha value is -0.880. The number of aromatic hydroxyl groups is 1. The highest BCUT2D eigenvalue weighted by atomic mass is 31.0. The molecule has 1 rings (SSSR count). The van der Waals surface area contributed by atoms with Gasteiger partial charge >= 0.3 is 0 Å². The molecule has 0 aliphatic carbocycles. The molecule has 0 bridgehead atoms. The second-order valence-electron chi connectivity index (χ2n) is 2.40. The molecule has 0 aromatic heterocycles. The molecule has 13 heavy (non-hydrogen) atoms. The molecule has 0 aliphatic heterocycles. The van der Waals surface area contributed by atoms with E-state index in [1.165, 1.54) is 0 Å². The minimum atomic E-state index is 0.171. The van der Waals surface area contributed by atoms with Gasteiger partial charge in [-0.05, 0) is 24.4 Å². The summed E-state index contributed by atoms with van der Waals surface area (Å²) in [6.07, 6.45) is 0. The van der Waals surface area contributed by atoms with Crippen molar-refractivity contribution in [1.29, 1.82) is 5.41 Å². The highest BCUT2D eigenvalue weighted by Gasteiger charge is 2.01. The van der Waals surface area contributed by atoms with Crippen molar-refractivity contribution in [2.45, 2.75) is 20.8 Å². The first-order chi connectivity index (χ1) is 6.11. The Bertz CT molecular complexity index is 297. The third-order valence-electron chi connectivity index (χ3n) is 1.43. The molecule has 2 N–H and O–H groups in total. The van der Waals surface area contributed by atoms with Crippen molar-refractivity contribution in [3.8, 4) is 5.75 Å². The Balaban J connectivity index is 0.000000671. The van der Waals surface area contributed by atoms with Gasteiger partial charge in [-0.1, -0.05) is 19.9 Å². The lowest BCUT2D eigenvalue weighted by Gasteiger charge is -2.01. The van der Waals surface area contributed by atoms with E-state index in [2.05, 4.69) is 9.24 Å². The summed E-state index contributed by atoms with van der Waals surface area (Å²) in [6, 6.07) is 5.20. The van der Waals surface area contributed by atoms with Crippen LogP contribution in [-0.4, -0.2) is 10.8 Å². The topological polar surface area (TPSA) is 44.1 Å². The van der Waals surface area contributed by atoms with Gasteiger partial charge in [0.1, 0.15) is 5.75 Å². The van der Waals surface area contributed by atoms with Crippen molar-refractivity contribution in [3.63, 3.8) is 0 Å². The van der Waals surface area contributed by atoms with E-state index >= 15 is 0 Å². The van der Waals surface area contributed by atoms with Crippen molar-refractivity contribution in [2.75, 3.05) is 0 Å². The summed E-state index contributed by atoms with van der Waals surface area (Å²) < 4.78 is 0. The first-order valence-corrected chi connectivity index (χ1v) is 4.83. The molecule has 3 heteroatoms. The van der Waals surface area contributed by atoms with Gasteiger partial charge in [0.2, 0.25) is 0 Å². The van der Waals surface area contributed by atoms with Crippen LogP contribution in [0.4, 0.5) is 0 Å². The van der Waals surface area contributed by atoms with Crippen molar-refractivity contribution in [1.82, 2.24) is 0 Å². The number of phenols is 1. The molecule has 2 nitrogen and oxygen atoms in total. The molecule has 0 saturated carbocycles. The van der Waals surface area contributed by atoms with E-state index in [9.17, 15) is 5.11 Å². The van der Waals surface area contributed by atoms with E-state index < -0.39 is 0 Å². The fourth-order valence-electron chi connectivity index (χ4n) is 0.866. The van der Waals surface area contributed by atoms with Gasteiger partial charge in [-0.25, -0.2) is 0 Å². The standard InChI is InChI=1S/C8H10NOP.C2H6/c1-5(9)7-3-2-6(11)4-8(7)10;1-2/h2-4,9-10H,11H2,1H3;1-2H3. The number of hydrogen-bond acceptors (Lipinski definition) is 2. The van der Waals surface area contributed by atoms with Crippen LogP contribution in [0.5, 0.6) is 5.75 Å². The number of benzene rings is 1. The van der Waals surface area contributed by atoms with Gasteiger partial charge in [-0.3, -0.25) is 0 Å². The predicted molar refractivity (Wildman–Crippen MR) is 61.3 cm³/mol. The minimum Gasteiger partial charge on any atom is -0.507 e. The maximum absolute atomic E-state index is 9.31. The molecule has 0 saturated heterocycles. The number of hydrogen-bond donors (Lipinski definition) is 2. The first-order valence-electron chi connectivity index (χ1n) is 4.25. The lowest BCUT2D eigenvalue weighted by molar-refractivity contribution is 0.474. The van der Waals surface area contributed by atoms with Crippen LogP contribution in [0, 0.1) is 5.41 Å². The van der Waals surface area contributed by atoms with Crippen molar-refractivity contribution < 1.29 is 5.11 Å². The van der Waals surface area contributed by atoms with Crippen LogP contribution in [0.3, 0.4) is 0 Å². The highest BCUT2D eigenvalue weighted by Crippen LogP contribution is 2.15. The van der Waals surface area contributed by atoms with E-state index in [4.69, 9.17) is 5.41 Å². The number of nitrogens with one attached hydrogen (secondary N) is 1. The van der Waals surface area contributed by atoms with Gasteiger partial charge < -0.3 is 10.5 Å². The van der Waals surface area contributed by atoms with Gasteiger partial charge in [0.15, 0.2) is 0 Å². The molecule has 0 heterocycles. The summed E-state index contributed by atoms with van der Waals surface area (Å²) >= 11 is 0. The smallest absolute Gasteiger partial charge is 0.125 e. The van der Waals surface area contributed by atoms with Crippen LogP contribution in [0.1, 0.15) is 26.3 Å². The van der Waals surface area contributed by atoms with Crippen LogP contribution in [0.25, 0.3) is 0 Å². The predicted octanol–water partition coefficient (Wildman–Crippen LogP) is 2.31. The maximum Gasteiger partial charge on any atom is 0.125 e. The maximum atomic E-state index is 9.31. The Morgan fingerprint density at radius 1 is 1.38 bits per heavy atom. The third-order valence-corrected chi connectivity index (χ3v) is 1.78. The van der Waals surface area contributed by atoms with Crippen molar-refractivity contribution in [3.05, 3.63) is 23.8 Å². The van der Waals surface area contributed by atoms with Crippen LogP contribution in [0.15, 0.2) is 18.2 Å².